The molecule has 0 saturated carbocycles. The van der Waals surface area contributed by atoms with Crippen molar-refractivity contribution in [2.45, 2.75) is 6.54 Å². The molecule has 0 saturated heterocycles. The van der Waals surface area contributed by atoms with E-state index in [-0.39, 0.29) is 5.82 Å². The van der Waals surface area contributed by atoms with E-state index in [0.29, 0.717) is 17.9 Å². The molecule has 39 heavy (non-hydrogen) atoms. The van der Waals surface area contributed by atoms with Gasteiger partial charge in [-0.2, -0.15) is 0 Å². The molecule has 7 rings (SSSR count). The van der Waals surface area contributed by atoms with Crippen LogP contribution in [0.3, 0.4) is 0 Å². The fourth-order valence-electron chi connectivity index (χ4n) is 5.11. The first kappa shape index (κ1) is 22.9. The van der Waals surface area contributed by atoms with Gasteiger partial charge in [0.15, 0.2) is 17.0 Å². The van der Waals surface area contributed by atoms with Crippen molar-refractivity contribution >= 4 is 27.9 Å². The van der Waals surface area contributed by atoms with Crippen LogP contribution in [0.15, 0.2) is 122 Å². The van der Waals surface area contributed by atoms with Crippen LogP contribution in [0.1, 0.15) is 5.56 Å². The Balaban J connectivity index is 1.43. The molecule has 0 atom stereocenters. The van der Waals surface area contributed by atoms with Crippen molar-refractivity contribution in [2.24, 2.45) is 0 Å². The van der Waals surface area contributed by atoms with Crippen molar-refractivity contribution in [1.82, 2.24) is 24.2 Å². The highest BCUT2D eigenvalue weighted by Gasteiger charge is 2.22. The predicted octanol–water partition coefficient (Wildman–Crippen LogP) is 7.18. The van der Waals surface area contributed by atoms with Gasteiger partial charge in [0.2, 0.25) is 0 Å². The Hall–Kier alpha value is -5.30. The summed E-state index contributed by atoms with van der Waals surface area (Å²) in [7, 11) is 0. The smallest absolute Gasteiger partial charge is 0.176 e. The molecule has 0 spiro atoms. The lowest BCUT2D eigenvalue weighted by Gasteiger charge is -2.15. The molecular formula is C32H23FN6. The Morgan fingerprint density at radius 1 is 0.718 bits per heavy atom. The van der Waals surface area contributed by atoms with Gasteiger partial charge in [0.25, 0.3) is 0 Å². The monoisotopic (exact) mass is 510 g/mol. The number of rotatable bonds is 6. The third-order valence-electron chi connectivity index (χ3n) is 6.85. The number of hydrogen-bond donors (Lipinski definition) is 1. The number of anilines is 1. The summed E-state index contributed by atoms with van der Waals surface area (Å²) in [5, 5.41) is 0.799. The van der Waals surface area contributed by atoms with Crippen LogP contribution in [0.4, 0.5) is 10.2 Å². The molecule has 4 aromatic carbocycles. The molecule has 1 N–H and O–H groups in total. The molecule has 7 heteroatoms. The summed E-state index contributed by atoms with van der Waals surface area (Å²) in [5.74, 6) is 0.269. The average molecular weight is 511 g/mol. The van der Waals surface area contributed by atoms with E-state index in [1.807, 2.05) is 76.0 Å². The van der Waals surface area contributed by atoms with E-state index >= 15 is 0 Å². The number of nitrogens with one attached hydrogen (secondary N) is 1. The number of fused-ring (bicyclic) bond motifs is 2. The van der Waals surface area contributed by atoms with Gasteiger partial charge >= 0.3 is 0 Å². The third-order valence-corrected chi connectivity index (χ3v) is 6.85. The molecular weight excluding hydrogens is 487 g/mol. The van der Waals surface area contributed by atoms with Crippen LogP contribution in [0.5, 0.6) is 0 Å². The molecule has 0 aliphatic heterocycles. The summed E-state index contributed by atoms with van der Waals surface area (Å²) in [5.41, 5.74) is 10.7. The fraction of sp³-hybridized carbons (Fsp3) is 0.0312. The fourth-order valence-corrected chi connectivity index (χ4v) is 5.11. The summed E-state index contributed by atoms with van der Waals surface area (Å²) >= 11 is 0. The van der Waals surface area contributed by atoms with Gasteiger partial charge in [-0.1, -0.05) is 91.0 Å². The van der Waals surface area contributed by atoms with Crippen molar-refractivity contribution in [3.63, 3.8) is 0 Å². The van der Waals surface area contributed by atoms with Crippen molar-refractivity contribution in [1.29, 1.82) is 0 Å². The summed E-state index contributed by atoms with van der Waals surface area (Å²) in [6.45, 7) is 0.646. The largest absolute Gasteiger partial charge is 0.311 e. The number of halogens is 1. The highest BCUT2D eigenvalue weighted by atomic mass is 19.1. The average Bonchev–Trinajstić information content (AvgIpc) is 3.53. The van der Waals surface area contributed by atoms with Gasteiger partial charge in [0.1, 0.15) is 12.1 Å². The van der Waals surface area contributed by atoms with Crippen molar-refractivity contribution < 1.29 is 4.39 Å². The lowest BCUT2D eigenvalue weighted by atomic mass is 9.98. The van der Waals surface area contributed by atoms with E-state index in [2.05, 4.69) is 44.6 Å². The maximum Gasteiger partial charge on any atom is 0.176 e. The first-order valence-corrected chi connectivity index (χ1v) is 12.7. The predicted molar refractivity (Wildman–Crippen MR) is 153 cm³/mol. The standard InChI is InChI=1S/C32H23FN6/c33-25-16-17-27-26(18-25)28(23-12-6-2-7-13-23)30(24-14-8-3-9-15-24)39(27)37-31-29-32(35-20-34-31)38(21-36-29)19-22-10-4-1-5-11-22/h1-18,20-21H,19H2,(H,34,35,37). The molecule has 188 valence electrons. The Morgan fingerprint density at radius 2 is 1.41 bits per heavy atom. The molecule has 0 amide bonds. The number of benzene rings is 4. The van der Waals surface area contributed by atoms with Crippen molar-refractivity contribution in [3.8, 4) is 22.4 Å². The topological polar surface area (TPSA) is 60.6 Å². The summed E-state index contributed by atoms with van der Waals surface area (Å²) < 4.78 is 18.6. The van der Waals surface area contributed by atoms with Gasteiger partial charge in [-0.25, -0.2) is 19.3 Å². The zero-order valence-corrected chi connectivity index (χ0v) is 20.9. The Kier molecular flexibility index (Phi) is 5.59. The van der Waals surface area contributed by atoms with E-state index in [0.717, 1.165) is 44.5 Å². The van der Waals surface area contributed by atoms with Crippen molar-refractivity contribution in [2.75, 3.05) is 5.43 Å². The van der Waals surface area contributed by atoms with Crippen LogP contribution < -0.4 is 5.43 Å². The molecule has 6 nitrogen and oxygen atoms in total. The van der Waals surface area contributed by atoms with Crippen LogP contribution in [0.2, 0.25) is 0 Å². The molecule has 0 unspecified atom stereocenters. The van der Waals surface area contributed by atoms with Crippen LogP contribution >= 0.6 is 0 Å². The first-order valence-electron chi connectivity index (χ1n) is 12.7. The highest BCUT2D eigenvalue weighted by Crippen LogP contribution is 2.41. The zero-order valence-electron chi connectivity index (χ0n) is 20.9. The first-order chi connectivity index (χ1) is 19.3. The van der Waals surface area contributed by atoms with E-state index in [1.54, 1.807) is 24.8 Å². The molecule has 0 fully saturated rings. The Bertz CT molecular complexity index is 1910. The second-order valence-corrected chi connectivity index (χ2v) is 9.32. The molecule has 0 bridgehead atoms. The molecule has 0 radical (unpaired) electrons. The number of imidazole rings is 1. The second kappa shape index (κ2) is 9.54. The molecule has 0 aliphatic rings. The quantitative estimate of drug-likeness (QED) is 0.257. The number of hydrogen-bond acceptors (Lipinski definition) is 4. The van der Waals surface area contributed by atoms with E-state index in [4.69, 9.17) is 0 Å². The van der Waals surface area contributed by atoms with Gasteiger partial charge in [-0.3, -0.25) is 10.1 Å². The van der Waals surface area contributed by atoms with Gasteiger partial charge in [0, 0.05) is 16.5 Å². The second-order valence-electron chi connectivity index (χ2n) is 9.32. The minimum Gasteiger partial charge on any atom is -0.311 e. The summed E-state index contributed by atoms with van der Waals surface area (Å²) in [4.78, 5) is 13.8. The van der Waals surface area contributed by atoms with Gasteiger partial charge in [-0.15, -0.1) is 0 Å². The third kappa shape index (κ3) is 4.10. The Morgan fingerprint density at radius 3 is 2.15 bits per heavy atom. The minimum atomic E-state index is -0.291. The number of nitrogens with zero attached hydrogens (tertiary/aromatic N) is 5. The van der Waals surface area contributed by atoms with Gasteiger partial charge in [-0.05, 0) is 29.3 Å². The van der Waals surface area contributed by atoms with Crippen LogP contribution in [-0.2, 0) is 6.54 Å². The van der Waals surface area contributed by atoms with Crippen molar-refractivity contribution in [3.05, 3.63) is 133 Å². The molecule has 3 heterocycles. The normalized spacial score (nSPS) is 11.3. The maximum atomic E-state index is 14.6. The van der Waals surface area contributed by atoms with Crippen LogP contribution in [0, 0.1) is 5.82 Å². The zero-order chi connectivity index (χ0) is 26.2. The van der Waals surface area contributed by atoms with Crippen LogP contribution in [-0.4, -0.2) is 24.2 Å². The maximum absolute atomic E-state index is 14.6. The SMILES string of the molecule is Fc1ccc2c(c1)c(-c1ccccc1)c(-c1ccccc1)n2Nc1ncnc2c1ncn2Cc1ccccc1. The lowest BCUT2D eigenvalue weighted by Crippen LogP contribution is -2.12. The summed E-state index contributed by atoms with van der Waals surface area (Å²) in [6.07, 6.45) is 3.33. The lowest BCUT2D eigenvalue weighted by molar-refractivity contribution is 0.629. The molecule has 7 aromatic rings. The van der Waals surface area contributed by atoms with E-state index in [1.165, 1.54) is 6.07 Å². The Labute approximate surface area is 224 Å². The highest BCUT2D eigenvalue weighted by molar-refractivity contribution is 6.05. The summed E-state index contributed by atoms with van der Waals surface area (Å²) in [6, 6.07) is 35.2. The number of aromatic nitrogens is 5. The molecule has 0 aliphatic carbocycles. The van der Waals surface area contributed by atoms with E-state index in [9.17, 15) is 4.39 Å². The van der Waals surface area contributed by atoms with Crippen LogP contribution in [0.25, 0.3) is 44.5 Å². The minimum absolute atomic E-state index is 0.291. The molecule has 3 aromatic heterocycles. The van der Waals surface area contributed by atoms with Gasteiger partial charge in [0.05, 0.1) is 24.1 Å². The van der Waals surface area contributed by atoms with Gasteiger partial charge < -0.3 is 4.57 Å². The van der Waals surface area contributed by atoms with E-state index < -0.39 is 0 Å².